The Morgan fingerprint density at radius 2 is 2.21 bits per heavy atom. The van der Waals surface area contributed by atoms with Gasteiger partial charge >= 0.3 is 0 Å². The highest BCUT2D eigenvalue weighted by molar-refractivity contribution is 9.10. The Hall–Kier alpha value is -0.940. The van der Waals surface area contributed by atoms with Gasteiger partial charge in [-0.15, -0.1) is 11.8 Å². The van der Waals surface area contributed by atoms with Gasteiger partial charge in [0.2, 0.25) is 0 Å². The molecule has 1 rings (SSSR count). The minimum absolute atomic E-state index is 0.891. The van der Waals surface area contributed by atoms with Crippen molar-refractivity contribution in [2.75, 3.05) is 11.9 Å². The van der Waals surface area contributed by atoms with E-state index in [4.69, 9.17) is 0 Å². The van der Waals surface area contributed by atoms with Crippen LogP contribution in [0.4, 0.5) is 5.69 Å². The van der Waals surface area contributed by atoms with E-state index in [-0.39, 0.29) is 0 Å². The average Bonchev–Trinajstić information content (AvgIpc) is 2.19. The lowest BCUT2D eigenvalue weighted by molar-refractivity contribution is 1.09. The van der Waals surface area contributed by atoms with Crippen LogP contribution in [0.3, 0.4) is 0 Å². The van der Waals surface area contributed by atoms with E-state index in [0.29, 0.717) is 0 Å². The Bertz CT molecular complexity index is 360. The maximum absolute atomic E-state index is 3.50. The van der Waals surface area contributed by atoms with E-state index in [9.17, 15) is 0 Å². The summed E-state index contributed by atoms with van der Waals surface area (Å²) >= 11 is 3.50. The lowest BCUT2D eigenvalue weighted by atomic mass is 10.2. The summed E-state index contributed by atoms with van der Waals surface area (Å²) in [5.74, 6) is 5.91. The van der Waals surface area contributed by atoms with Crippen LogP contribution < -0.4 is 5.32 Å². The van der Waals surface area contributed by atoms with Crippen molar-refractivity contribution in [2.45, 2.75) is 20.3 Å². The van der Waals surface area contributed by atoms with Crippen LogP contribution in [0.15, 0.2) is 22.7 Å². The van der Waals surface area contributed by atoms with Gasteiger partial charge < -0.3 is 5.32 Å². The van der Waals surface area contributed by atoms with Crippen LogP contribution in [-0.2, 0) is 0 Å². The molecule has 0 aliphatic heterocycles. The van der Waals surface area contributed by atoms with Crippen LogP contribution in [0.5, 0.6) is 0 Å². The second-order valence-corrected chi connectivity index (χ2v) is 3.87. The molecule has 0 aliphatic rings. The normalized spacial score (nSPS) is 9.07. The molecule has 74 valence electrons. The van der Waals surface area contributed by atoms with Crippen molar-refractivity contribution in [3.63, 3.8) is 0 Å². The van der Waals surface area contributed by atoms with Gasteiger partial charge in [-0.05, 0) is 31.5 Å². The van der Waals surface area contributed by atoms with Crippen molar-refractivity contribution in [1.29, 1.82) is 0 Å². The molecule has 0 amide bonds. The predicted molar refractivity (Wildman–Crippen MR) is 65.4 cm³/mol. The maximum Gasteiger partial charge on any atom is 0.0381 e. The molecule has 1 N–H and O–H groups in total. The van der Waals surface area contributed by atoms with E-state index in [1.807, 2.05) is 19.1 Å². The van der Waals surface area contributed by atoms with Crippen LogP contribution in [0, 0.1) is 18.8 Å². The minimum atomic E-state index is 0.891. The van der Waals surface area contributed by atoms with Crippen LogP contribution in [-0.4, -0.2) is 6.54 Å². The standard InChI is InChI=1S/C12H14BrN/c1-3-4-5-9-14-12-8-6-7-11(13)10(12)2/h6-8,14H,5,9H2,1-2H3. The number of hydrogen-bond acceptors (Lipinski definition) is 1. The Kier molecular flexibility index (Phi) is 4.55. The van der Waals surface area contributed by atoms with Gasteiger partial charge in [0.25, 0.3) is 0 Å². The number of halogens is 1. The van der Waals surface area contributed by atoms with Crippen LogP contribution >= 0.6 is 15.9 Å². The summed E-state index contributed by atoms with van der Waals surface area (Å²) in [4.78, 5) is 0. The van der Waals surface area contributed by atoms with Crippen molar-refractivity contribution in [3.05, 3.63) is 28.2 Å². The first-order chi connectivity index (χ1) is 6.75. The molecule has 1 nitrogen and oxygen atoms in total. The molecular weight excluding hydrogens is 238 g/mol. The molecular formula is C12H14BrN. The third-order valence-corrected chi connectivity index (χ3v) is 2.87. The lowest BCUT2D eigenvalue weighted by Gasteiger charge is -2.08. The fourth-order valence-electron chi connectivity index (χ4n) is 1.18. The van der Waals surface area contributed by atoms with E-state index in [1.165, 1.54) is 11.3 Å². The zero-order chi connectivity index (χ0) is 10.4. The van der Waals surface area contributed by atoms with Crippen molar-refractivity contribution in [1.82, 2.24) is 0 Å². The van der Waals surface area contributed by atoms with Crippen LogP contribution in [0.2, 0.25) is 0 Å². The fourth-order valence-corrected chi connectivity index (χ4v) is 1.55. The summed E-state index contributed by atoms with van der Waals surface area (Å²) in [6.07, 6.45) is 0.891. The summed E-state index contributed by atoms with van der Waals surface area (Å²) in [7, 11) is 0. The molecule has 0 bridgehead atoms. The third kappa shape index (κ3) is 3.08. The number of benzene rings is 1. The highest BCUT2D eigenvalue weighted by atomic mass is 79.9. The molecule has 0 atom stereocenters. The molecule has 0 saturated carbocycles. The van der Waals surface area contributed by atoms with E-state index in [1.54, 1.807) is 0 Å². The summed E-state index contributed by atoms with van der Waals surface area (Å²) in [5, 5.41) is 3.36. The molecule has 0 fully saturated rings. The first kappa shape index (κ1) is 11.1. The van der Waals surface area contributed by atoms with Gasteiger partial charge in [-0.3, -0.25) is 0 Å². The first-order valence-corrected chi connectivity index (χ1v) is 5.43. The van der Waals surface area contributed by atoms with Crippen molar-refractivity contribution in [3.8, 4) is 11.8 Å². The number of nitrogens with one attached hydrogen (secondary N) is 1. The molecule has 1 aromatic rings. The Balaban J connectivity index is 2.57. The van der Waals surface area contributed by atoms with Gasteiger partial charge in [0.15, 0.2) is 0 Å². The zero-order valence-corrected chi connectivity index (χ0v) is 10.1. The molecule has 0 aromatic heterocycles. The van der Waals surface area contributed by atoms with Gasteiger partial charge in [0.1, 0.15) is 0 Å². The minimum Gasteiger partial charge on any atom is -0.384 e. The topological polar surface area (TPSA) is 12.0 Å². The lowest BCUT2D eigenvalue weighted by Crippen LogP contribution is -2.02. The van der Waals surface area contributed by atoms with Crippen molar-refractivity contribution in [2.24, 2.45) is 0 Å². The molecule has 0 aliphatic carbocycles. The molecule has 0 unspecified atom stereocenters. The van der Waals surface area contributed by atoms with Crippen molar-refractivity contribution >= 4 is 21.6 Å². The van der Waals surface area contributed by atoms with Gasteiger partial charge in [-0.1, -0.05) is 22.0 Å². The fraction of sp³-hybridized carbons (Fsp3) is 0.333. The van der Waals surface area contributed by atoms with Crippen molar-refractivity contribution < 1.29 is 0 Å². The number of rotatable bonds is 3. The second kappa shape index (κ2) is 5.72. The number of anilines is 1. The zero-order valence-electron chi connectivity index (χ0n) is 8.52. The highest BCUT2D eigenvalue weighted by Gasteiger charge is 1.99. The van der Waals surface area contributed by atoms with E-state index in [2.05, 4.69) is 46.1 Å². The molecule has 2 heteroatoms. The van der Waals surface area contributed by atoms with Crippen LogP contribution in [0.25, 0.3) is 0 Å². The third-order valence-electron chi connectivity index (χ3n) is 2.01. The summed E-state index contributed by atoms with van der Waals surface area (Å²) in [6, 6.07) is 6.16. The van der Waals surface area contributed by atoms with Gasteiger partial charge in [0, 0.05) is 23.1 Å². The molecule has 0 radical (unpaired) electrons. The number of hydrogen-bond donors (Lipinski definition) is 1. The molecule has 14 heavy (non-hydrogen) atoms. The monoisotopic (exact) mass is 251 g/mol. The van der Waals surface area contributed by atoms with Crippen LogP contribution in [0.1, 0.15) is 18.9 Å². The second-order valence-electron chi connectivity index (χ2n) is 3.02. The van der Waals surface area contributed by atoms with E-state index < -0.39 is 0 Å². The molecule has 0 heterocycles. The summed E-state index contributed by atoms with van der Waals surface area (Å²) in [6.45, 7) is 4.86. The average molecular weight is 252 g/mol. The van der Waals surface area contributed by atoms with Gasteiger partial charge in [-0.2, -0.15) is 0 Å². The molecule has 0 saturated heterocycles. The van der Waals surface area contributed by atoms with E-state index in [0.717, 1.165) is 17.4 Å². The summed E-state index contributed by atoms with van der Waals surface area (Å²) < 4.78 is 1.14. The SMILES string of the molecule is CC#CCCNc1cccc(Br)c1C. The van der Waals surface area contributed by atoms with Gasteiger partial charge in [0.05, 0.1) is 0 Å². The predicted octanol–water partition coefficient (Wildman–Crippen LogP) is 3.58. The Morgan fingerprint density at radius 3 is 2.93 bits per heavy atom. The highest BCUT2D eigenvalue weighted by Crippen LogP contribution is 2.23. The Labute approximate surface area is 94.0 Å². The Morgan fingerprint density at radius 1 is 1.43 bits per heavy atom. The van der Waals surface area contributed by atoms with E-state index >= 15 is 0 Å². The molecule has 0 spiro atoms. The smallest absolute Gasteiger partial charge is 0.0381 e. The maximum atomic E-state index is 3.50. The first-order valence-electron chi connectivity index (χ1n) is 4.64. The quantitative estimate of drug-likeness (QED) is 0.640. The van der Waals surface area contributed by atoms with Gasteiger partial charge in [-0.25, -0.2) is 0 Å². The largest absolute Gasteiger partial charge is 0.384 e. The summed E-state index contributed by atoms with van der Waals surface area (Å²) in [5.41, 5.74) is 2.43. The molecule has 1 aromatic carbocycles.